The van der Waals surface area contributed by atoms with Crippen molar-refractivity contribution >= 4 is 11.3 Å². The molecule has 0 aliphatic heterocycles. The molecule has 4 heteroatoms. The molecule has 19 heavy (non-hydrogen) atoms. The lowest BCUT2D eigenvalue weighted by molar-refractivity contribution is 0.317. The Balaban J connectivity index is 1.54. The van der Waals surface area contributed by atoms with E-state index >= 15 is 0 Å². The van der Waals surface area contributed by atoms with Crippen LogP contribution in [-0.4, -0.2) is 18.0 Å². The summed E-state index contributed by atoms with van der Waals surface area (Å²) in [5.74, 6) is 1.09. The number of furan rings is 1. The molecule has 3 nitrogen and oxygen atoms in total. The van der Waals surface area contributed by atoms with Crippen molar-refractivity contribution in [2.75, 3.05) is 7.05 Å². The fourth-order valence-corrected chi connectivity index (χ4v) is 2.99. The fraction of sp³-hybridized carbons (Fsp3) is 0.467. The molecule has 1 fully saturated rings. The summed E-state index contributed by atoms with van der Waals surface area (Å²) in [6.45, 7) is 2.80. The van der Waals surface area contributed by atoms with Crippen LogP contribution in [0.3, 0.4) is 0 Å². The highest BCUT2D eigenvalue weighted by molar-refractivity contribution is 7.09. The molecule has 2 heterocycles. The quantitative estimate of drug-likeness (QED) is 0.841. The number of hydrogen-bond donors (Lipinski definition) is 1. The SMILES string of the molecule is CN(Cc1cccs1)Cc1ccoc1CNC1CC1. The third kappa shape index (κ3) is 3.69. The maximum absolute atomic E-state index is 5.59. The molecular weight excluding hydrogens is 256 g/mol. The molecule has 3 rings (SSSR count). The first kappa shape index (κ1) is 12.9. The van der Waals surface area contributed by atoms with Gasteiger partial charge in [-0.2, -0.15) is 0 Å². The molecule has 2 aromatic heterocycles. The first-order valence-electron chi connectivity index (χ1n) is 6.81. The summed E-state index contributed by atoms with van der Waals surface area (Å²) >= 11 is 1.81. The van der Waals surface area contributed by atoms with E-state index in [4.69, 9.17) is 4.42 Å². The minimum Gasteiger partial charge on any atom is -0.468 e. The second-order valence-electron chi connectivity index (χ2n) is 5.28. The highest BCUT2D eigenvalue weighted by atomic mass is 32.1. The lowest BCUT2D eigenvalue weighted by Gasteiger charge is -2.15. The standard InChI is InChI=1S/C15H20N2OS/c1-17(11-14-3-2-8-19-14)10-12-6-7-18-15(12)9-16-13-4-5-13/h2-3,6-8,13,16H,4-5,9-11H2,1H3. The Morgan fingerprint density at radius 3 is 3.00 bits per heavy atom. The molecule has 0 amide bonds. The van der Waals surface area contributed by atoms with Crippen LogP contribution in [0.5, 0.6) is 0 Å². The van der Waals surface area contributed by atoms with Crippen molar-refractivity contribution in [3.63, 3.8) is 0 Å². The van der Waals surface area contributed by atoms with Crippen molar-refractivity contribution in [3.05, 3.63) is 46.0 Å². The minimum atomic E-state index is 0.724. The molecule has 0 spiro atoms. The van der Waals surface area contributed by atoms with Crippen LogP contribution in [0.1, 0.15) is 29.0 Å². The molecule has 102 valence electrons. The van der Waals surface area contributed by atoms with E-state index in [1.54, 1.807) is 6.26 Å². The highest BCUT2D eigenvalue weighted by Crippen LogP contribution is 2.21. The summed E-state index contributed by atoms with van der Waals surface area (Å²) in [5, 5.41) is 5.64. The largest absolute Gasteiger partial charge is 0.468 e. The summed E-state index contributed by atoms with van der Waals surface area (Å²) in [4.78, 5) is 3.74. The van der Waals surface area contributed by atoms with Gasteiger partial charge in [-0.1, -0.05) is 6.07 Å². The van der Waals surface area contributed by atoms with Gasteiger partial charge in [-0.15, -0.1) is 11.3 Å². The molecule has 0 unspecified atom stereocenters. The van der Waals surface area contributed by atoms with Gasteiger partial charge in [-0.05, 0) is 37.4 Å². The maximum Gasteiger partial charge on any atom is 0.122 e. The molecule has 0 bridgehead atoms. The van der Waals surface area contributed by atoms with Gasteiger partial charge in [0.2, 0.25) is 0 Å². The predicted molar refractivity (Wildman–Crippen MR) is 78.1 cm³/mol. The van der Waals surface area contributed by atoms with Gasteiger partial charge in [0.15, 0.2) is 0 Å². The zero-order valence-electron chi connectivity index (χ0n) is 11.3. The van der Waals surface area contributed by atoms with Crippen molar-refractivity contribution in [1.29, 1.82) is 0 Å². The van der Waals surface area contributed by atoms with E-state index in [0.29, 0.717) is 0 Å². The first-order chi connectivity index (χ1) is 9.31. The molecule has 0 aromatic carbocycles. The molecule has 1 aliphatic carbocycles. The van der Waals surface area contributed by atoms with Crippen molar-refractivity contribution < 1.29 is 4.42 Å². The van der Waals surface area contributed by atoms with E-state index < -0.39 is 0 Å². The van der Waals surface area contributed by atoms with Crippen molar-refractivity contribution in [1.82, 2.24) is 10.2 Å². The molecule has 2 aromatic rings. The molecule has 1 aliphatic rings. The summed E-state index contributed by atoms with van der Waals surface area (Å²) in [6, 6.07) is 7.11. The molecule has 1 N–H and O–H groups in total. The first-order valence-corrected chi connectivity index (χ1v) is 7.69. The van der Waals surface area contributed by atoms with Gasteiger partial charge in [0.05, 0.1) is 12.8 Å². The zero-order valence-corrected chi connectivity index (χ0v) is 12.1. The van der Waals surface area contributed by atoms with Crippen LogP contribution in [0.15, 0.2) is 34.3 Å². The number of nitrogens with zero attached hydrogens (tertiary/aromatic N) is 1. The smallest absolute Gasteiger partial charge is 0.122 e. The van der Waals surface area contributed by atoms with Crippen LogP contribution in [-0.2, 0) is 19.6 Å². The number of rotatable bonds is 7. The van der Waals surface area contributed by atoms with Gasteiger partial charge in [0.1, 0.15) is 5.76 Å². The molecule has 0 radical (unpaired) electrons. The third-order valence-electron chi connectivity index (χ3n) is 3.41. The van der Waals surface area contributed by atoms with Crippen LogP contribution in [0.2, 0.25) is 0 Å². The summed E-state index contributed by atoms with van der Waals surface area (Å²) < 4.78 is 5.59. The summed E-state index contributed by atoms with van der Waals surface area (Å²) in [5.41, 5.74) is 1.30. The highest BCUT2D eigenvalue weighted by Gasteiger charge is 2.21. The van der Waals surface area contributed by atoms with E-state index in [2.05, 4.69) is 40.8 Å². The third-order valence-corrected chi connectivity index (χ3v) is 4.27. The Bertz CT molecular complexity index is 502. The zero-order chi connectivity index (χ0) is 13.1. The average molecular weight is 276 g/mol. The fourth-order valence-electron chi connectivity index (χ4n) is 2.20. The van der Waals surface area contributed by atoms with Gasteiger partial charge >= 0.3 is 0 Å². The normalized spacial score (nSPS) is 15.3. The van der Waals surface area contributed by atoms with Gasteiger partial charge in [-0.25, -0.2) is 0 Å². The average Bonchev–Trinajstić information content (AvgIpc) is 2.89. The summed E-state index contributed by atoms with van der Waals surface area (Å²) in [7, 11) is 2.16. The second-order valence-corrected chi connectivity index (χ2v) is 6.31. The number of hydrogen-bond acceptors (Lipinski definition) is 4. The Kier molecular flexibility index (Phi) is 4.01. The van der Waals surface area contributed by atoms with E-state index in [-0.39, 0.29) is 0 Å². The van der Waals surface area contributed by atoms with Crippen LogP contribution in [0.4, 0.5) is 0 Å². The maximum atomic E-state index is 5.59. The van der Waals surface area contributed by atoms with Crippen molar-refractivity contribution in [3.8, 4) is 0 Å². The minimum absolute atomic E-state index is 0.724. The van der Waals surface area contributed by atoms with Crippen molar-refractivity contribution in [2.45, 2.75) is 38.5 Å². The molecule has 0 atom stereocenters. The van der Waals surface area contributed by atoms with Crippen LogP contribution < -0.4 is 5.32 Å². The van der Waals surface area contributed by atoms with Crippen LogP contribution in [0.25, 0.3) is 0 Å². The van der Waals surface area contributed by atoms with Gasteiger partial charge in [-0.3, -0.25) is 4.90 Å². The van der Waals surface area contributed by atoms with E-state index in [1.165, 1.54) is 23.3 Å². The van der Waals surface area contributed by atoms with E-state index in [0.717, 1.165) is 31.4 Å². The van der Waals surface area contributed by atoms with Crippen LogP contribution >= 0.6 is 11.3 Å². The number of nitrogens with one attached hydrogen (secondary N) is 1. The lowest BCUT2D eigenvalue weighted by Crippen LogP contribution is -2.19. The van der Waals surface area contributed by atoms with Gasteiger partial charge < -0.3 is 9.73 Å². The molecular formula is C15H20N2OS. The Morgan fingerprint density at radius 1 is 1.37 bits per heavy atom. The molecule has 1 saturated carbocycles. The molecule has 0 saturated heterocycles. The predicted octanol–water partition coefficient (Wildman–Crippen LogP) is 3.23. The van der Waals surface area contributed by atoms with E-state index in [9.17, 15) is 0 Å². The summed E-state index contributed by atoms with van der Waals surface area (Å²) in [6.07, 6.45) is 4.43. The lowest BCUT2D eigenvalue weighted by atomic mass is 10.2. The van der Waals surface area contributed by atoms with E-state index in [1.807, 2.05) is 11.3 Å². The monoisotopic (exact) mass is 276 g/mol. The second kappa shape index (κ2) is 5.90. The van der Waals surface area contributed by atoms with Crippen LogP contribution in [0, 0.1) is 0 Å². The topological polar surface area (TPSA) is 28.4 Å². The Hall–Kier alpha value is -1.10. The van der Waals surface area contributed by atoms with Gasteiger partial charge in [0, 0.05) is 29.6 Å². The number of thiophene rings is 1. The Labute approximate surface area is 118 Å². The van der Waals surface area contributed by atoms with Gasteiger partial charge in [0.25, 0.3) is 0 Å². The van der Waals surface area contributed by atoms with Crippen molar-refractivity contribution in [2.24, 2.45) is 0 Å². The Morgan fingerprint density at radius 2 is 2.26 bits per heavy atom.